The Hall–Kier alpha value is -2.94. The van der Waals surface area contributed by atoms with E-state index in [1.165, 1.54) is 0 Å². The molecule has 9 heteroatoms. The maximum atomic E-state index is 12.0. The van der Waals surface area contributed by atoms with E-state index >= 15 is 0 Å². The van der Waals surface area contributed by atoms with Crippen molar-refractivity contribution in [3.8, 4) is 23.0 Å². The van der Waals surface area contributed by atoms with Gasteiger partial charge in [-0.05, 0) is 37.3 Å². The maximum absolute atomic E-state index is 12.0. The fraction of sp³-hybridized carbons (Fsp3) is 0.300. The number of esters is 1. The number of hydrogen-bond donors (Lipinski definition) is 0. The molecule has 0 unspecified atom stereocenters. The second-order valence-corrected chi connectivity index (χ2v) is 7.12. The lowest BCUT2D eigenvalue weighted by atomic mass is 10.1. The summed E-state index contributed by atoms with van der Waals surface area (Å²) in [5.41, 5.74) is 2.18. The zero-order chi connectivity index (χ0) is 20.2. The third kappa shape index (κ3) is 4.56. The first-order valence-electron chi connectivity index (χ1n) is 8.90. The minimum atomic E-state index is -0.533. The minimum absolute atomic E-state index is 0.0737. The van der Waals surface area contributed by atoms with Gasteiger partial charge in [-0.3, -0.25) is 0 Å². The largest absolute Gasteiger partial charge is 0.486 e. The van der Waals surface area contributed by atoms with Crippen LogP contribution in [0.3, 0.4) is 0 Å². The molecule has 0 radical (unpaired) electrons. The van der Waals surface area contributed by atoms with Crippen molar-refractivity contribution in [1.29, 1.82) is 0 Å². The summed E-state index contributed by atoms with van der Waals surface area (Å²) in [5, 5.41) is 3.96. The quantitative estimate of drug-likeness (QED) is 0.368. The van der Waals surface area contributed by atoms with E-state index in [1.807, 2.05) is 12.1 Å². The Morgan fingerprint density at radius 2 is 1.76 bits per heavy atom. The van der Waals surface area contributed by atoms with Gasteiger partial charge < -0.3 is 28.5 Å². The Morgan fingerprint density at radius 1 is 1.03 bits per heavy atom. The fourth-order valence-corrected chi connectivity index (χ4v) is 3.21. The van der Waals surface area contributed by atoms with Crippen molar-refractivity contribution in [2.75, 3.05) is 26.6 Å². The van der Waals surface area contributed by atoms with Gasteiger partial charge >= 0.3 is 5.97 Å². The van der Waals surface area contributed by atoms with E-state index < -0.39 is 5.97 Å². The standard InChI is InChI=1S/C20H18BrNO7/c1-12(13-2-3-16-17(6-13)28-11-27-16)22-29-10-20(23)26-9-14-7-18-19(8-15(14)21)25-5-4-24-18/h2-3,6-8H,4-5,9-11H2,1H3/b22-12+. The monoisotopic (exact) mass is 463 g/mol. The second kappa shape index (κ2) is 8.60. The predicted molar refractivity (Wildman–Crippen MR) is 106 cm³/mol. The number of hydrogen-bond acceptors (Lipinski definition) is 8. The first kappa shape index (κ1) is 19.4. The van der Waals surface area contributed by atoms with Gasteiger partial charge in [0, 0.05) is 15.6 Å². The van der Waals surface area contributed by atoms with Gasteiger partial charge in [0.15, 0.2) is 23.0 Å². The maximum Gasteiger partial charge on any atom is 0.347 e. The fourth-order valence-electron chi connectivity index (χ4n) is 2.77. The molecule has 0 saturated carbocycles. The molecule has 0 N–H and O–H groups in total. The van der Waals surface area contributed by atoms with Gasteiger partial charge in [0.2, 0.25) is 13.4 Å². The highest BCUT2D eigenvalue weighted by Gasteiger charge is 2.16. The molecule has 4 rings (SSSR count). The number of ether oxygens (including phenoxy) is 5. The van der Waals surface area contributed by atoms with Crippen LogP contribution in [0.4, 0.5) is 0 Å². The molecule has 152 valence electrons. The average molecular weight is 464 g/mol. The van der Waals surface area contributed by atoms with Crippen molar-refractivity contribution in [2.24, 2.45) is 5.16 Å². The van der Waals surface area contributed by atoms with E-state index in [9.17, 15) is 4.79 Å². The summed E-state index contributed by atoms with van der Waals surface area (Å²) < 4.78 is 27.7. The molecule has 8 nitrogen and oxygen atoms in total. The molecular weight excluding hydrogens is 446 g/mol. The van der Waals surface area contributed by atoms with E-state index in [0.717, 1.165) is 15.6 Å². The lowest BCUT2D eigenvalue weighted by molar-refractivity contribution is -0.150. The summed E-state index contributed by atoms with van der Waals surface area (Å²) >= 11 is 3.45. The molecule has 29 heavy (non-hydrogen) atoms. The topological polar surface area (TPSA) is 84.8 Å². The van der Waals surface area contributed by atoms with Crippen molar-refractivity contribution in [2.45, 2.75) is 13.5 Å². The van der Waals surface area contributed by atoms with Gasteiger partial charge in [-0.15, -0.1) is 0 Å². The molecule has 0 aliphatic carbocycles. The molecule has 0 atom stereocenters. The number of nitrogens with zero attached hydrogens (tertiary/aromatic N) is 1. The summed E-state index contributed by atoms with van der Waals surface area (Å²) in [6.45, 7) is 2.75. The van der Waals surface area contributed by atoms with Crippen LogP contribution in [0, 0.1) is 0 Å². The third-order valence-corrected chi connectivity index (χ3v) is 5.01. The Balaban J connectivity index is 1.28. The zero-order valence-electron chi connectivity index (χ0n) is 15.6. The molecular formula is C20H18BrNO7. The highest BCUT2D eigenvalue weighted by Crippen LogP contribution is 2.36. The number of benzene rings is 2. The van der Waals surface area contributed by atoms with Gasteiger partial charge in [-0.1, -0.05) is 21.1 Å². The van der Waals surface area contributed by atoms with Crippen molar-refractivity contribution in [1.82, 2.24) is 0 Å². The Bertz CT molecular complexity index is 960. The average Bonchev–Trinajstić information content (AvgIpc) is 3.20. The van der Waals surface area contributed by atoms with Gasteiger partial charge in [-0.25, -0.2) is 4.79 Å². The molecule has 0 aromatic heterocycles. The minimum Gasteiger partial charge on any atom is -0.486 e. The molecule has 0 saturated heterocycles. The molecule has 0 amide bonds. The van der Waals surface area contributed by atoms with E-state index in [4.69, 9.17) is 28.5 Å². The van der Waals surface area contributed by atoms with Crippen molar-refractivity contribution < 1.29 is 33.3 Å². The van der Waals surface area contributed by atoms with Crippen LogP contribution < -0.4 is 18.9 Å². The van der Waals surface area contributed by atoms with Crippen LogP contribution in [-0.4, -0.2) is 38.3 Å². The molecule has 0 fully saturated rings. The lowest BCUT2D eigenvalue weighted by Gasteiger charge is -2.19. The number of rotatable bonds is 6. The Kier molecular flexibility index (Phi) is 5.75. The molecule has 2 aromatic rings. The number of carbonyl (C=O) groups excluding carboxylic acids is 1. The van der Waals surface area contributed by atoms with Gasteiger partial charge in [-0.2, -0.15) is 0 Å². The Labute approximate surface area is 175 Å². The van der Waals surface area contributed by atoms with Gasteiger partial charge in [0.05, 0.1) is 5.71 Å². The van der Waals surface area contributed by atoms with Gasteiger partial charge in [0.25, 0.3) is 0 Å². The van der Waals surface area contributed by atoms with Crippen molar-refractivity contribution in [3.63, 3.8) is 0 Å². The molecule has 2 aromatic carbocycles. The van der Waals surface area contributed by atoms with Crippen LogP contribution >= 0.6 is 15.9 Å². The van der Waals surface area contributed by atoms with E-state index in [2.05, 4.69) is 21.1 Å². The van der Waals surface area contributed by atoms with Crippen molar-refractivity contribution >= 4 is 27.6 Å². The number of halogens is 1. The van der Waals surface area contributed by atoms with Crippen LogP contribution in [0.1, 0.15) is 18.1 Å². The number of carbonyl (C=O) groups is 1. The van der Waals surface area contributed by atoms with E-state index in [1.54, 1.807) is 25.1 Å². The number of oxime groups is 1. The van der Waals surface area contributed by atoms with Crippen LogP contribution in [0.5, 0.6) is 23.0 Å². The summed E-state index contributed by atoms with van der Waals surface area (Å²) in [6, 6.07) is 9.04. The summed E-state index contributed by atoms with van der Waals surface area (Å²) in [5.74, 6) is 2.10. The third-order valence-electron chi connectivity index (χ3n) is 4.27. The summed E-state index contributed by atoms with van der Waals surface area (Å²) in [6.07, 6.45) is 0. The van der Waals surface area contributed by atoms with Crippen molar-refractivity contribution in [3.05, 3.63) is 45.9 Å². The first-order valence-corrected chi connectivity index (χ1v) is 9.69. The van der Waals surface area contributed by atoms with E-state index in [-0.39, 0.29) is 20.0 Å². The van der Waals surface area contributed by atoms with E-state index in [0.29, 0.717) is 41.9 Å². The molecule has 0 bridgehead atoms. The van der Waals surface area contributed by atoms with Gasteiger partial charge in [0.1, 0.15) is 19.8 Å². The highest BCUT2D eigenvalue weighted by atomic mass is 79.9. The van der Waals surface area contributed by atoms with Crippen LogP contribution in [0.25, 0.3) is 0 Å². The first-order chi connectivity index (χ1) is 14.1. The van der Waals surface area contributed by atoms with Crippen LogP contribution in [0.2, 0.25) is 0 Å². The van der Waals surface area contributed by atoms with Crippen LogP contribution in [-0.2, 0) is 21.0 Å². The molecule has 0 spiro atoms. The summed E-state index contributed by atoms with van der Waals surface area (Å²) in [7, 11) is 0. The van der Waals surface area contributed by atoms with Crippen LogP contribution in [0.15, 0.2) is 40.0 Å². The lowest BCUT2D eigenvalue weighted by Crippen LogP contribution is -2.16. The normalized spacial score (nSPS) is 14.5. The summed E-state index contributed by atoms with van der Waals surface area (Å²) in [4.78, 5) is 17.1. The predicted octanol–water partition coefficient (Wildman–Crippen LogP) is 3.43. The zero-order valence-corrected chi connectivity index (χ0v) is 17.2. The SMILES string of the molecule is C/C(=N\OCC(=O)OCc1cc2c(cc1Br)OCCO2)c1ccc2c(c1)OCO2. The molecule has 2 heterocycles. The second-order valence-electron chi connectivity index (χ2n) is 6.27. The Morgan fingerprint density at radius 3 is 2.59 bits per heavy atom. The smallest absolute Gasteiger partial charge is 0.347 e. The molecule has 2 aliphatic heterocycles. The number of fused-ring (bicyclic) bond motifs is 2. The molecule has 2 aliphatic rings. The highest BCUT2D eigenvalue weighted by molar-refractivity contribution is 9.10.